The molecular weight excluding hydrogens is 118 g/mol. The summed E-state index contributed by atoms with van der Waals surface area (Å²) in [5, 5.41) is 8.99. The van der Waals surface area contributed by atoms with Crippen LogP contribution in [0.25, 0.3) is 0 Å². The van der Waals surface area contributed by atoms with Gasteiger partial charge in [-0.25, -0.2) is 0 Å². The molecule has 3 nitrogen and oxygen atoms in total. The lowest BCUT2D eigenvalue weighted by molar-refractivity contribution is -0.0584. The molecule has 54 valence electrons. The van der Waals surface area contributed by atoms with E-state index in [0.717, 1.165) is 0 Å². The number of aliphatic hydroxyl groups is 1. The minimum atomic E-state index is -0.351. The SMILES string of the molecule is C[C@@H]1OC[C@H](O)CC1N. The number of nitrogens with two attached hydrogens (primary N) is 1. The van der Waals surface area contributed by atoms with E-state index < -0.39 is 0 Å². The monoisotopic (exact) mass is 131 g/mol. The van der Waals surface area contributed by atoms with Gasteiger partial charge >= 0.3 is 0 Å². The summed E-state index contributed by atoms with van der Waals surface area (Å²) in [6.07, 6.45) is 0.422. The molecule has 1 unspecified atom stereocenters. The van der Waals surface area contributed by atoms with Gasteiger partial charge in [-0.2, -0.15) is 0 Å². The van der Waals surface area contributed by atoms with Gasteiger partial charge in [0.15, 0.2) is 0 Å². The largest absolute Gasteiger partial charge is 0.391 e. The molecule has 1 aliphatic rings. The maximum atomic E-state index is 8.99. The van der Waals surface area contributed by atoms with Crippen molar-refractivity contribution in [1.29, 1.82) is 0 Å². The van der Waals surface area contributed by atoms with Gasteiger partial charge in [0.05, 0.1) is 18.8 Å². The number of rotatable bonds is 0. The van der Waals surface area contributed by atoms with Crippen LogP contribution in [0.1, 0.15) is 13.3 Å². The standard InChI is InChI=1S/C6H13NO2/c1-4-6(7)2-5(8)3-9-4/h4-6,8H,2-3,7H2,1H3/t4-,5+,6?/m0/s1. The molecule has 1 saturated heterocycles. The van der Waals surface area contributed by atoms with Crippen molar-refractivity contribution < 1.29 is 9.84 Å². The lowest BCUT2D eigenvalue weighted by Crippen LogP contribution is -2.44. The molecule has 9 heavy (non-hydrogen) atoms. The van der Waals surface area contributed by atoms with Gasteiger partial charge in [-0.15, -0.1) is 0 Å². The van der Waals surface area contributed by atoms with Gasteiger partial charge < -0.3 is 15.6 Å². The van der Waals surface area contributed by atoms with Crippen molar-refractivity contribution in [3.05, 3.63) is 0 Å². The summed E-state index contributed by atoms with van der Waals surface area (Å²) in [4.78, 5) is 0. The van der Waals surface area contributed by atoms with Crippen molar-refractivity contribution in [1.82, 2.24) is 0 Å². The fraction of sp³-hybridized carbons (Fsp3) is 1.00. The van der Waals surface area contributed by atoms with Gasteiger partial charge in [-0.3, -0.25) is 0 Å². The van der Waals surface area contributed by atoms with Gasteiger partial charge in [0.2, 0.25) is 0 Å². The first kappa shape index (κ1) is 6.99. The Morgan fingerprint density at radius 2 is 2.33 bits per heavy atom. The Balaban J connectivity index is 2.35. The average molecular weight is 131 g/mol. The van der Waals surface area contributed by atoms with E-state index >= 15 is 0 Å². The smallest absolute Gasteiger partial charge is 0.0789 e. The topological polar surface area (TPSA) is 55.5 Å². The molecular formula is C6H13NO2. The molecule has 1 fully saturated rings. The molecule has 0 aromatic heterocycles. The first-order chi connectivity index (χ1) is 4.20. The van der Waals surface area contributed by atoms with Gasteiger partial charge in [0.1, 0.15) is 0 Å². The molecule has 1 heterocycles. The van der Waals surface area contributed by atoms with E-state index in [1.165, 1.54) is 0 Å². The van der Waals surface area contributed by atoms with Crippen LogP contribution in [0.4, 0.5) is 0 Å². The highest BCUT2D eigenvalue weighted by molar-refractivity contribution is 4.77. The lowest BCUT2D eigenvalue weighted by Gasteiger charge is -2.29. The van der Waals surface area contributed by atoms with E-state index in [9.17, 15) is 0 Å². The van der Waals surface area contributed by atoms with E-state index in [-0.39, 0.29) is 18.2 Å². The third-order valence-corrected chi connectivity index (χ3v) is 1.70. The fourth-order valence-electron chi connectivity index (χ4n) is 0.960. The molecule has 0 saturated carbocycles. The molecule has 0 spiro atoms. The van der Waals surface area contributed by atoms with Crippen LogP contribution in [-0.2, 0) is 4.74 Å². The molecule has 3 heteroatoms. The third-order valence-electron chi connectivity index (χ3n) is 1.70. The van der Waals surface area contributed by atoms with Crippen LogP contribution < -0.4 is 5.73 Å². The Morgan fingerprint density at radius 1 is 1.67 bits per heavy atom. The van der Waals surface area contributed by atoms with E-state index in [0.29, 0.717) is 13.0 Å². The second kappa shape index (κ2) is 2.64. The summed E-state index contributed by atoms with van der Waals surface area (Å²) in [7, 11) is 0. The predicted molar refractivity (Wildman–Crippen MR) is 34.0 cm³/mol. The van der Waals surface area contributed by atoms with Crippen LogP contribution in [0.3, 0.4) is 0 Å². The second-order valence-electron chi connectivity index (χ2n) is 2.59. The van der Waals surface area contributed by atoms with Crippen molar-refractivity contribution in [3.8, 4) is 0 Å². The molecule has 0 amide bonds. The molecule has 1 aliphatic heterocycles. The summed E-state index contributed by atoms with van der Waals surface area (Å²) in [5.74, 6) is 0. The normalized spacial score (nSPS) is 45.0. The Kier molecular flexibility index (Phi) is 2.05. The maximum absolute atomic E-state index is 8.99. The molecule has 0 aromatic carbocycles. The van der Waals surface area contributed by atoms with E-state index in [4.69, 9.17) is 15.6 Å². The summed E-state index contributed by atoms with van der Waals surface area (Å²) in [5.41, 5.74) is 5.58. The van der Waals surface area contributed by atoms with Crippen LogP contribution in [0.5, 0.6) is 0 Å². The van der Waals surface area contributed by atoms with E-state index in [1.807, 2.05) is 6.92 Å². The summed E-state index contributed by atoms with van der Waals surface area (Å²) in [6, 6.07) is 0.00810. The highest BCUT2D eigenvalue weighted by atomic mass is 16.5. The van der Waals surface area contributed by atoms with Gasteiger partial charge in [-0.1, -0.05) is 0 Å². The Bertz CT molecular complexity index is 97.1. The Labute approximate surface area is 54.8 Å². The van der Waals surface area contributed by atoms with Crippen LogP contribution in [0.2, 0.25) is 0 Å². The van der Waals surface area contributed by atoms with Crippen LogP contribution in [0.15, 0.2) is 0 Å². The minimum Gasteiger partial charge on any atom is -0.391 e. The van der Waals surface area contributed by atoms with Gasteiger partial charge in [-0.05, 0) is 13.3 Å². The summed E-state index contributed by atoms with van der Waals surface area (Å²) < 4.78 is 5.13. The summed E-state index contributed by atoms with van der Waals surface area (Å²) >= 11 is 0. The van der Waals surface area contributed by atoms with Crippen molar-refractivity contribution in [3.63, 3.8) is 0 Å². The highest BCUT2D eigenvalue weighted by Crippen LogP contribution is 2.11. The molecule has 0 aromatic rings. The molecule has 3 N–H and O–H groups in total. The van der Waals surface area contributed by atoms with Gasteiger partial charge in [0.25, 0.3) is 0 Å². The van der Waals surface area contributed by atoms with Crippen LogP contribution >= 0.6 is 0 Å². The molecule has 0 aliphatic carbocycles. The molecule has 0 radical (unpaired) electrons. The van der Waals surface area contributed by atoms with Gasteiger partial charge in [0, 0.05) is 6.04 Å². The highest BCUT2D eigenvalue weighted by Gasteiger charge is 2.23. The number of hydrogen-bond donors (Lipinski definition) is 2. The average Bonchev–Trinajstić information content (AvgIpc) is 1.80. The molecule has 3 atom stereocenters. The van der Waals surface area contributed by atoms with Crippen molar-refractivity contribution in [2.24, 2.45) is 5.73 Å². The first-order valence-corrected chi connectivity index (χ1v) is 3.25. The summed E-state index contributed by atoms with van der Waals surface area (Å²) in [6.45, 7) is 2.37. The first-order valence-electron chi connectivity index (χ1n) is 3.25. The number of aliphatic hydroxyl groups excluding tert-OH is 1. The molecule has 1 rings (SSSR count). The zero-order valence-electron chi connectivity index (χ0n) is 5.58. The zero-order valence-corrected chi connectivity index (χ0v) is 5.58. The van der Waals surface area contributed by atoms with E-state index in [2.05, 4.69) is 0 Å². The second-order valence-corrected chi connectivity index (χ2v) is 2.59. The van der Waals surface area contributed by atoms with Crippen LogP contribution in [-0.4, -0.2) is 30.0 Å². The van der Waals surface area contributed by atoms with Crippen LogP contribution in [0, 0.1) is 0 Å². The Hall–Kier alpha value is -0.120. The lowest BCUT2D eigenvalue weighted by atomic mass is 10.0. The Morgan fingerprint density at radius 3 is 2.78 bits per heavy atom. The fourth-order valence-corrected chi connectivity index (χ4v) is 0.960. The third kappa shape index (κ3) is 1.64. The minimum absolute atomic E-state index is 0.00810. The quantitative estimate of drug-likeness (QED) is 0.465. The maximum Gasteiger partial charge on any atom is 0.0789 e. The van der Waals surface area contributed by atoms with Crippen molar-refractivity contribution >= 4 is 0 Å². The van der Waals surface area contributed by atoms with Crippen molar-refractivity contribution in [2.75, 3.05) is 6.61 Å². The van der Waals surface area contributed by atoms with Crippen molar-refractivity contribution in [2.45, 2.75) is 31.6 Å². The predicted octanol–water partition coefficient (Wildman–Crippen LogP) is -0.517. The number of ether oxygens (including phenoxy) is 1. The number of hydrogen-bond acceptors (Lipinski definition) is 3. The molecule has 0 bridgehead atoms. The zero-order chi connectivity index (χ0) is 6.85. The van der Waals surface area contributed by atoms with E-state index in [1.54, 1.807) is 0 Å².